The zero-order valence-corrected chi connectivity index (χ0v) is 13.7. The van der Waals surface area contributed by atoms with E-state index in [1.807, 2.05) is 0 Å². The maximum Gasteiger partial charge on any atom is 0.416 e. The van der Waals surface area contributed by atoms with Crippen LogP contribution in [0.2, 0.25) is 0 Å². The van der Waals surface area contributed by atoms with Crippen molar-refractivity contribution in [2.75, 3.05) is 6.50 Å². The average molecular weight is 368 g/mol. The molecule has 3 aromatic rings. The van der Waals surface area contributed by atoms with E-state index < -0.39 is 79.4 Å². The predicted molar refractivity (Wildman–Crippen MR) is 100 cm³/mol. The van der Waals surface area contributed by atoms with Crippen molar-refractivity contribution in [1.29, 1.82) is 0 Å². The minimum absolute atomic E-state index is 0.106. The van der Waals surface area contributed by atoms with Gasteiger partial charge in [0.2, 0.25) is 0 Å². The Morgan fingerprint density at radius 2 is 1.88 bits per heavy atom. The molecule has 1 N–H and O–H groups in total. The van der Waals surface area contributed by atoms with E-state index in [0.717, 1.165) is 18.2 Å². The van der Waals surface area contributed by atoms with Crippen LogP contribution in [0, 0.1) is 0 Å². The highest BCUT2D eigenvalue weighted by Gasteiger charge is 2.30. The fraction of sp³-hybridized carbons (Fsp3) is 0.273. The van der Waals surface area contributed by atoms with E-state index in [4.69, 9.17) is 15.1 Å². The second kappa shape index (κ2) is 7.92. The molecule has 0 spiro atoms. The van der Waals surface area contributed by atoms with Gasteiger partial charge in [-0.05, 0) is 54.2 Å². The molecule has 0 unspecified atom stereocenters. The zero-order valence-electron chi connectivity index (χ0n) is 24.7. The van der Waals surface area contributed by atoms with Gasteiger partial charge >= 0.3 is 6.18 Å². The molecule has 3 rings (SSSR count). The van der Waals surface area contributed by atoms with E-state index >= 15 is 0 Å². The van der Waals surface area contributed by atoms with Crippen molar-refractivity contribution in [3.05, 3.63) is 83.3 Å². The Morgan fingerprint density at radius 3 is 2.69 bits per heavy atom. The summed E-state index contributed by atoms with van der Waals surface area (Å²) < 4.78 is 129. The maximum atomic E-state index is 13.1. The Kier molecular flexibility index (Phi) is 2.75. The van der Waals surface area contributed by atoms with E-state index in [0.29, 0.717) is 0 Å². The predicted octanol–water partition coefficient (Wildman–Crippen LogP) is 6.14. The molecule has 1 atom stereocenters. The van der Waals surface area contributed by atoms with Crippen LogP contribution in [0.25, 0.3) is 10.8 Å². The van der Waals surface area contributed by atoms with Gasteiger partial charge in [0.15, 0.2) is 0 Å². The van der Waals surface area contributed by atoms with Crippen LogP contribution in [0.3, 0.4) is 0 Å². The number of alkyl halides is 3. The topological polar surface area (TPSA) is 12.0 Å². The Hall–Kier alpha value is -2.33. The Morgan fingerprint density at radius 1 is 1.12 bits per heavy atom. The molecule has 0 heterocycles. The molecule has 0 saturated carbocycles. The minimum Gasteiger partial charge on any atom is -0.310 e. The molecular weight excluding hydrogens is 335 g/mol. The number of aryl methyl sites for hydroxylation is 1. The summed E-state index contributed by atoms with van der Waals surface area (Å²) in [5.74, 6) is 0. The minimum atomic E-state index is -4.67. The molecule has 0 saturated heterocycles. The fourth-order valence-electron chi connectivity index (χ4n) is 2.39. The van der Waals surface area contributed by atoms with Crippen LogP contribution >= 0.6 is 0 Å². The van der Waals surface area contributed by atoms with Crippen LogP contribution < -0.4 is 5.32 Å². The van der Waals surface area contributed by atoms with E-state index in [2.05, 4.69) is 5.32 Å². The highest BCUT2D eigenvalue weighted by molar-refractivity contribution is 5.86. The van der Waals surface area contributed by atoms with Gasteiger partial charge in [-0.15, -0.1) is 0 Å². The molecule has 0 amide bonds. The molecule has 0 fully saturated rings. The standard InChI is InChI=1S/C22H22F3N/c1-16(20-13-5-10-18-9-2-3-12-21(18)20)26-14-6-8-17-7-4-11-19(15-17)22(23,24)25/h2-5,7,9-13,15-16,26H,6,8,14H2,1H3/t16-/m1/s1/i2D,3D,5D,6D2,9D,10D,12D,13D,14D2. The second-order valence-electron chi connectivity index (χ2n) is 5.58. The van der Waals surface area contributed by atoms with Gasteiger partial charge in [0, 0.05) is 11.5 Å². The fourth-order valence-corrected chi connectivity index (χ4v) is 2.39. The smallest absolute Gasteiger partial charge is 0.310 e. The van der Waals surface area contributed by atoms with E-state index in [1.165, 1.54) is 13.0 Å². The van der Waals surface area contributed by atoms with Crippen molar-refractivity contribution in [3.8, 4) is 0 Å². The third-order valence-electron chi connectivity index (χ3n) is 3.70. The highest BCUT2D eigenvalue weighted by Crippen LogP contribution is 2.29. The molecule has 136 valence electrons. The number of benzene rings is 3. The van der Waals surface area contributed by atoms with Crippen LogP contribution in [0.4, 0.5) is 13.2 Å². The second-order valence-corrected chi connectivity index (χ2v) is 5.58. The SMILES string of the molecule is [2H]c1c([2H])c([2H])c2c([C@@H](C)NC([2H])([2H])C([2H])([2H])Cc3cccc(C(F)(F)F)c3)c([2H])c([2H])c([2H])c2c1[2H]. The summed E-state index contributed by atoms with van der Waals surface area (Å²) in [5, 5.41) is 1.75. The van der Waals surface area contributed by atoms with Crippen molar-refractivity contribution in [1.82, 2.24) is 5.32 Å². The van der Waals surface area contributed by atoms with Gasteiger partial charge in [0.1, 0.15) is 0 Å². The van der Waals surface area contributed by atoms with E-state index in [-0.39, 0.29) is 21.9 Å². The zero-order chi connectivity index (χ0) is 28.2. The summed E-state index contributed by atoms with van der Waals surface area (Å²) in [6, 6.07) is -1.83. The third kappa shape index (κ3) is 4.44. The number of hydrogen-bond donors (Lipinski definition) is 1. The largest absolute Gasteiger partial charge is 0.416 e. The molecule has 0 aliphatic heterocycles. The number of hydrogen-bond acceptors (Lipinski definition) is 1. The van der Waals surface area contributed by atoms with Crippen molar-refractivity contribution in [2.24, 2.45) is 0 Å². The number of halogens is 3. The van der Waals surface area contributed by atoms with Gasteiger partial charge in [-0.2, -0.15) is 13.2 Å². The van der Waals surface area contributed by atoms with Crippen molar-refractivity contribution in [3.63, 3.8) is 0 Å². The van der Waals surface area contributed by atoms with Gasteiger partial charge in [-0.3, -0.25) is 0 Å². The normalized spacial score (nSPS) is 20.2. The van der Waals surface area contributed by atoms with Crippen molar-refractivity contribution < 1.29 is 28.2 Å². The van der Waals surface area contributed by atoms with Gasteiger partial charge in [-0.25, -0.2) is 0 Å². The summed E-state index contributed by atoms with van der Waals surface area (Å²) in [6.45, 7) is -1.61. The molecule has 0 aliphatic carbocycles. The van der Waals surface area contributed by atoms with Gasteiger partial charge < -0.3 is 5.32 Å². The lowest BCUT2D eigenvalue weighted by Gasteiger charge is -2.17. The van der Waals surface area contributed by atoms with Crippen molar-refractivity contribution >= 4 is 10.8 Å². The first-order chi connectivity index (χ1) is 16.8. The summed E-state index contributed by atoms with van der Waals surface area (Å²) in [6.07, 6.45) is -8.19. The molecule has 0 aromatic heterocycles. The third-order valence-corrected chi connectivity index (χ3v) is 3.70. The van der Waals surface area contributed by atoms with Crippen LogP contribution in [0.1, 0.15) is 51.1 Å². The van der Waals surface area contributed by atoms with E-state index in [9.17, 15) is 13.2 Å². The summed E-state index contributed by atoms with van der Waals surface area (Å²) in [5.41, 5.74) is -1.35. The maximum absolute atomic E-state index is 13.1. The van der Waals surface area contributed by atoms with Gasteiger partial charge in [0.25, 0.3) is 0 Å². The Labute approximate surface area is 167 Å². The number of nitrogens with one attached hydrogen (secondary N) is 1. The summed E-state index contributed by atoms with van der Waals surface area (Å²) in [4.78, 5) is 0. The molecule has 0 radical (unpaired) electrons. The van der Waals surface area contributed by atoms with Crippen LogP contribution in [-0.2, 0) is 12.6 Å². The monoisotopic (exact) mass is 368 g/mol. The number of fused-ring (bicyclic) bond motifs is 1. The molecule has 4 heteroatoms. The lowest BCUT2D eigenvalue weighted by molar-refractivity contribution is -0.137. The molecule has 1 nitrogen and oxygen atoms in total. The molecule has 3 aromatic carbocycles. The highest BCUT2D eigenvalue weighted by atomic mass is 19.4. The summed E-state index contributed by atoms with van der Waals surface area (Å²) >= 11 is 0. The molecule has 0 aliphatic rings. The van der Waals surface area contributed by atoms with Crippen molar-refractivity contribution in [2.45, 2.75) is 31.9 Å². The molecule has 0 bridgehead atoms. The van der Waals surface area contributed by atoms with Crippen LogP contribution in [-0.4, -0.2) is 6.50 Å². The van der Waals surface area contributed by atoms with E-state index in [1.54, 1.807) is 0 Å². The lowest BCUT2D eigenvalue weighted by Crippen LogP contribution is -2.20. The first kappa shape index (κ1) is 9.05. The Bertz CT molecular complexity index is 1360. The lowest BCUT2D eigenvalue weighted by atomic mass is 9.99. The molecular formula is C22H22F3N. The first-order valence-corrected chi connectivity index (χ1v) is 7.75. The first-order valence-electron chi connectivity index (χ1n) is 13.3. The molecule has 26 heavy (non-hydrogen) atoms. The van der Waals surface area contributed by atoms with Gasteiger partial charge in [0.05, 0.1) is 15.2 Å². The average Bonchev–Trinajstić information content (AvgIpc) is 2.78. The van der Waals surface area contributed by atoms with Crippen LogP contribution in [0.5, 0.6) is 0 Å². The summed E-state index contributed by atoms with van der Waals surface area (Å²) in [7, 11) is 0. The Balaban J connectivity index is 2.07. The van der Waals surface area contributed by atoms with Gasteiger partial charge in [-0.1, -0.05) is 60.5 Å². The quantitative estimate of drug-likeness (QED) is 0.551. The van der Waals surface area contributed by atoms with Crippen LogP contribution in [0.15, 0.2) is 66.6 Å². The number of rotatable bonds is 6.